The largest absolute Gasteiger partial charge is 0.490 e. The van der Waals surface area contributed by atoms with Crippen LogP contribution in [-0.2, 0) is 14.3 Å². The lowest BCUT2D eigenvalue weighted by molar-refractivity contribution is -0.118. The Morgan fingerprint density at radius 3 is 2.10 bits per heavy atom. The van der Waals surface area contributed by atoms with Gasteiger partial charge in [0.25, 0.3) is 5.91 Å². The first-order valence-electron chi connectivity index (χ1n) is 9.54. The van der Waals surface area contributed by atoms with Gasteiger partial charge in [0, 0.05) is 0 Å². The SMILES string of the molecule is CCOC(=O)c1sc(NC(=O)COc2ccccc2OCC)c(C(=O)OCC)c1C. The summed E-state index contributed by atoms with van der Waals surface area (Å²) in [6.45, 7) is 7.33. The highest BCUT2D eigenvalue weighted by Gasteiger charge is 2.27. The second kappa shape index (κ2) is 11.2. The van der Waals surface area contributed by atoms with E-state index in [1.54, 1.807) is 45.0 Å². The number of esters is 2. The number of ether oxygens (including phenoxy) is 4. The molecule has 0 saturated heterocycles. The lowest BCUT2D eigenvalue weighted by atomic mass is 10.1. The molecule has 162 valence electrons. The molecule has 0 spiro atoms. The van der Waals surface area contributed by atoms with Crippen LogP contribution in [0.25, 0.3) is 0 Å². The summed E-state index contributed by atoms with van der Waals surface area (Å²) in [5.74, 6) is -0.734. The predicted octanol–water partition coefficient (Wildman–Crippen LogP) is 3.83. The Balaban J connectivity index is 2.19. The van der Waals surface area contributed by atoms with E-state index in [9.17, 15) is 14.4 Å². The van der Waals surface area contributed by atoms with Gasteiger partial charge in [-0.3, -0.25) is 4.79 Å². The van der Waals surface area contributed by atoms with E-state index in [2.05, 4.69) is 5.32 Å². The fourth-order valence-corrected chi connectivity index (χ4v) is 3.70. The first-order chi connectivity index (χ1) is 14.4. The zero-order valence-electron chi connectivity index (χ0n) is 17.4. The van der Waals surface area contributed by atoms with Crippen molar-refractivity contribution < 1.29 is 33.3 Å². The van der Waals surface area contributed by atoms with E-state index >= 15 is 0 Å². The van der Waals surface area contributed by atoms with Crippen molar-refractivity contribution >= 4 is 34.2 Å². The van der Waals surface area contributed by atoms with Crippen molar-refractivity contribution in [3.8, 4) is 11.5 Å². The van der Waals surface area contributed by atoms with E-state index in [1.807, 2.05) is 6.92 Å². The smallest absolute Gasteiger partial charge is 0.348 e. The molecule has 0 unspecified atom stereocenters. The molecule has 1 heterocycles. The summed E-state index contributed by atoms with van der Waals surface area (Å²) in [5.41, 5.74) is 0.530. The molecule has 1 N–H and O–H groups in total. The molecule has 0 saturated carbocycles. The molecule has 0 aliphatic rings. The number of thiophene rings is 1. The summed E-state index contributed by atoms with van der Waals surface area (Å²) in [4.78, 5) is 37.3. The van der Waals surface area contributed by atoms with E-state index < -0.39 is 17.8 Å². The third-order valence-electron chi connectivity index (χ3n) is 3.85. The third kappa shape index (κ3) is 5.73. The lowest BCUT2D eigenvalue weighted by Crippen LogP contribution is -2.21. The van der Waals surface area contributed by atoms with Gasteiger partial charge >= 0.3 is 11.9 Å². The fourth-order valence-electron chi connectivity index (χ4n) is 2.59. The number of hydrogen-bond donors (Lipinski definition) is 1. The molecule has 0 bridgehead atoms. The zero-order chi connectivity index (χ0) is 22.1. The van der Waals surface area contributed by atoms with Crippen molar-refractivity contribution in [3.63, 3.8) is 0 Å². The highest BCUT2D eigenvalue weighted by Crippen LogP contribution is 2.34. The van der Waals surface area contributed by atoms with Crippen molar-refractivity contribution in [2.45, 2.75) is 27.7 Å². The second-order valence-electron chi connectivity index (χ2n) is 5.92. The summed E-state index contributed by atoms with van der Waals surface area (Å²) < 4.78 is 21.1. The van der Waals surface area contributed by atoms with Crippen LogP contribution in [0.15, 0.2) is 24.3 Å². The van der Waals surface area contributed by atoms with E-state index in [0.29, 0.717) is 23.7 Å². The predicted molar refractivity (Wildman–Crippen MR) is 113 cm³/mol. The minimum absolute atomic E-state index is 0.132. The molecule has 2 rings (SSSR count). The maximum atomic E-state index is 12.5. The van der Waals surface area contributed by atoms with Gasteiger partial charge in [0.15, 0.2) is 18.1 Å². The highest BCUT2D eigenvalue weighted by atomic mass is 32.1. The molecule has 1 aromatic carbocycles. The average Bonchev–Trinajstić information content (AvgIpc) is 3.04. The Morgan fingerprint density at radius 2 is 1.50 bits per heavy atom. The topological polar surface area (TPSA) is 100 Å². The van der Waals surface area contributed by atoms with Crippen molar-refractivity contribution in [1.82, 2.24) is 0 Å². The summed E-state index contributed by atoms with van der Waals surface area (Å²) in [7, 11) is 0. The summed E-state index contributed by atoms with van der Waals surface area (Å²) in [6.07, 6.45) is 0. The number of para-hydroxylation sites is 2. The normalized spacial score (nSPS) is 10.3. The molecule has 0 aliphatic carbocycles. The molecule has 0 aliphatic heterocycles. The van der Waals surface area contributed by atoms with Gasteiger partial charge in [0.1, 0.15) is 9.88 Å². The van der Waals surface area contributed by atoms with E-state index in [1.165, 1.54) is 0 Å². The third-order valence-corrected chi connectivity index (χ3v) is 5.04. The van der Waals surface area contributed by atoms with Crippen LogP contribution in [0.5, 0.6) is 11.5 Å². The van der Waals surface area contributed by atoms with Crippen LogP contribution in [0, 0.1) is 6.92 Å². The van der Waals surface area contributed by atoms with Gasteiger partial charge in [-0.2, -0.15) is 0 Å². The van der Waals surface area contributed by atoms with Crippen molar-refractivity contribution in [3.05, 3.63) is 40.3 Å². The molecular weight excluding hydrogens is 410 g/mol. The standard InChI is InChI=1S/C21H25NO7S/c1-5-26-14-10-8-9-11-15(14)29-12-16(23)22-19-17(20(24)27-6-2)13(4)18(30-19)21(25)28-7-3/h8-11H,5-7,12H2,1-4H3,(H,22,23). The van der Waals surface area contributed by atoms with E-state index in [0.717, 1.165) is 11.3 Å². The van der Waals surface area contributed by atoms with Gasteiger partial charge in [-0.05, 0) is 45.4 Å². The maximum absolute atomic E-state index is 12.5. The fraction of sp³-hybridized carbons (Fsp3) is 0.381. The van der Waals surface area contributed by atoms with Crippen LogP contribution >= 0.6 is 11.3 Å². The number of benzene rings is 1. The van der Waals surface area contributed by atoms with Crippen LogP contribution in [0.2, 0.25) is 0 Å². The van der Waals surface area contributed by atoms with Gasteiger partial charge in [0.2, 0.25) is 0 Å². The first kappa shape index (κ1) is 23.2. The van der Waals surface area contributed by atoms with Crippen molar-refractivity contribution in [2.24, 2.45) is 0 Å². The quantitative estimate of drug-likeness (QED) is 0.566. The maximum Gasteiger partial charge on any atom is 0.348 e. The number of anilines is 1. The molecule has 1 amide bonds. The number of hydrogen-bond acceptors (Lipinski definition) is 8. The monoisotopic (exact) mass is 435 g/mol. The molecule has 0 fully saturated rings. The lowest BCUT2D eigenvalue weighted by Gasteiger charge is -2.11. The van der Waals surface area contributed by atoms with Crippen LogP contribution in [0.3, 0.4) is 0 Å². The molecule has 9 heteroatoms. The Labute approximate surface area is 179 Å². The molecule has 30 heavy (non-hydrogen) atoms. The highest BCUT2D eigenvalue weighted by molar-refractivity contribution is 7.18. The van der Waals surface area contributed by atoms with Crippen LogP contribution in [0.4, 0.5) is 5.00 Å². The van der Waals surface area contributed by atoms with Gasteiger partial charge in [-0.25, -0.2) is 9.59 Å². The number of rotatable bonds is 10. The number of carbonyl (C=O) groups is 3. The Kier molecular flexibility index (Phi) is 8.67. The Hall–Kier alpha value is -3.07. The van der Waals surface area contributed by atoms with Gasteiger partial charge in [-0.15, -0.1) is 11.3 Å². The van der Waals surface area contributed by atoms with Gasteiger partial charge in [-0.1, -0.05) is 12.1 Å². The minimum Gasteiger partial charge on any atom is -0.490 e. The number of carbonyl (C=O) groups excluding carboxylic acids is 3. The first-order valence-corrected chi connectivity index (χ1v) is 10.4. The number of nitrogens with one attached hydrogen (secondary N) is 1. The molecule has 0 atom stereocenters. The van der Waals surface area contributed by atoms with Crippen LogP contribution in [-0.4, -0.2) is 44.3 Å². The molecule has 2 aromatic rings. The molecule has 0 radical (unpaired) electrons. The number of amides is 1. The van der Waals surface area contributed by atoms with Crippen molar-refractivity contribution in [1.29, 1.82) is 0 Å². The van der Waals surface area contributed by atoms with Crippen LogP contribution in [0.1, 0.15) is 46.4 Å². The average molecular weight is 435 g/mol. The molecule has 8 nitrogen and oxygen atoms in total. The Bertz CT molecular complexity index is 907. The van der Waals surface area contributed by atoms with Crippen LogP contribution < -0.4 is 14.8 Å². The second-order valence-corrected chi connectivity index (χ2v) is 6.94. The molecule has 1 aromatic heterocycles. The van der Waals surface area contributed by atoms with Gasteiger partial charge < -0.3 is 24.3 Å². The minimum atomic E-state index is -0.625. The zero-order valence-corrected chi connectivity index (χ0v) is 18.2. The van der Waals surface area contributed by atoms with E-state index in [-0.39, 0.29) is 35.3 Å². The van der Waals surface area contributed by atoms with E-state index in [4.69, 9.17) is 18.9 Å². The van der Waals surface area contributed by atoms with Gasteiger partial charge in [0.05, 0.1) is 25.4 Å². The summed E-state index contributed by atoms with van der Waals surface area (Å²) >= 11 is 0.962. The summed E-state index contributed by atoms with van der Waals surface area (Å²) in [5, 5.41) is 2.84. The Morgan fingerprint density at radius 1 is 0.900 bits per heavy atom. The molecular formula is C21H25NO7S. The summed E-state index contributed by atoms with van der Waals surface area (Å²) in [6, 6.07) is 7.00. The van der Waals surface area contributed by atoms with Crippen molar-refractivity contribution in [2.75, 3.05) is 31.7 Å².